The van der Waals surface area contributed by atoms with Gasteiger partial charge in [-0.3, -0.25) is 4.79 Å². The van der Waals surface area contributed by atoms with E-state index in [-0.39, 0.29) is 11.7 Å². The van der Waals surface area contributed by atoms with Crippen LogP contribution in [0.15, 0.2) is 47.0 Å². The van der Waals surface area contributed by atoms with Gasteiger partial charge in [0.2, 0.25) is 17.6 Å². The molecule has 0 saturated heterocycles. The highest BCUT2D eigenvalue weighted by molar-refractivity contribution is 6.30. The Hall–Kier alpha value is -2.73. The van der Waals surface area contributed by atoms with Gasteiger partial charge in [-0.1, -0.05) is 16.8 Å². The first-order valence-corrected chi connectivity index (χ1v) is 9.15. The Morgan fingerprint density at radius 2 is 2.04 bits per heavy atom. The molecule has 1 aliphatic heterocycles. The van der Waals surface area contributed by atoms with Gasteiger partial charge in [0.15, 0.2) is 0 Å². The minimum absolute atomic E-state index is 0.0781. The van der Waals surface area contributed by atoms with Crippen molar-refractivity contribution in [1.29, 1.82) is 0 Å². The van der Waals surface area contributed by atoms with Gasteiger partial charge in [0.1, 0.15) is 5.82 Å². The first-order chi connectivity index (χ1) is 13.1. The number of hydrogen-bond acceptors (Lipinski definition) is 4. The monoisotopic (exact) mass is 385 g/mol. The van der Waals surface area contributed by atoms with E-state index in [1.54, 1.807) is 18.2 Å². The molecule has 1 aromatic heterocycles. The van der Waals surface area contributed by atoms with E-state index in [4.69, 9.17) is 16.1 Å². The minimum atomic E-state index is -0.313. The van der Waals surface area contributed by atoms with Gasteiger partial charge in [-0.2, -0.15) is 4.98 Å². The van der Waals surface area contributed by atoms with Crippen molar-refractivity contribution in [3.8, 4) is 11.4 Å². The van der Waals surface area contributed by atoms with Crippen LogP contribution >= 0.6 is 11.6 Å². The van der Waals surface area contributed by atoms with E-state index in [0.29, 0.717) is 48.1 Å². The van der Waals surface area contributed by atoms with Crippen molar-refractivity contribution in [2.45, 2.75) is 25.7 Å². The molecule has 1 amide bonds. The van der Waals surface area contributed by atoms with Crippen molar-refractivity contribution in [2.24, 2.45) is 0 Å². The van der Waals surface area contributed by atoms with Gasteiger partial charge in [-0.25, -0.2) is 4.39 Å². The van der Waals surface area contributed by atoms with Gasteiger partial charge >= 0.3 is 0 Å². The van der Waals surface area contributed by atoms with Gasteiger partial charge in [-0.15, -0.1) is 0 Å². The van der Waals surface area contributed by atoms with Crippen molar-refractivity contribution in [1.82, 2.24) is 10.1 Å². The Morgan fingerprint density at radius 1 is 1.22 bits per heavy atom. The molecular formula is C20H17ClFN3O2. The van der Waals surface area contributed by atoms with Gasteiger partial charge in [0.05, 0.1) is 0 Å². The molecule has 3 aromatic rings. The van der Waals surface area contributed by atoms with Gasteiger partial charge in [-0.05, 0) is 60.9 Å². The van der Waals surface area contributed by atoms with E-state index in [1.807, 2.05) is 17.0 Å². The van der Waals surface area contributed by atoms with E-state index >= 15 is 0 Å². The van der Waals surface area contributed by atoms with Gasteiger partial charge in [0, 0.05) is 35.7 Å². The standard InChI is InChI=1S/C20H17ClFN3O2/c21-15-6-9-17-14(12-15)10-11-25(17)19(26)3-1-2-18-23-20(24-27-18)13-4-7-16(22)8-5-13/h4-9,12H,1-3,10-11H2. The molecule has 0 aliphatic carbocycles. The Morgan fingerprint density at radius 3 is 2.85 bits per heavy atom. The number of aromatic nitrogens is 2. The maximum atomic E-state index is 13.0. The molecule has 0 N–H and O–H groups in total. The number of nitrogens with zero attached hydrogens (tertiary/aromatic N) is 3. The summed E-state index contributed by atoms with van der Waals surface area (Å²) >= 11 is 6.01. The summed E-state index contributed by atoms with van der Waals surface area (Å²) in [4.78, 5) is 18.7. The van der Waals surface area contributed by atoms with Crippen LogP contribution in [-0.2, 0) is 17.6 Å². The number of benzene rings is 2. The lowest BCUT2D eigenvalue weighted by molar-refractivity contribution is -0.118. The van der Waals surface area contributed by atoms with E-state index in [2.05, 4.69) is 10.1 Å². The molecule has 0 spiro atoms. The number of anilines is 1. The molecule has 0 radical (unpaired) electrons. The number of carbonyl (C=O) groups excluding carboxylic acids is 1. The van der Waals surface area contributed by atoms with E-state index in [0.717, 1.165) is 17.7 Å². The Bertz CT molecular complexity index is 972. The molecule has 0 unspecified atom stereocenters. The predicted molar refractivity (Wildman–Crippen MR) is 100 cm³/mol. The summed E-state index contributed by atoms with van der Waals surface area (Å²) in [6.45, 7) is 0.684. The van der Waals surface area contributed by atoms with Crippen LogP contribution in [0.25, 0.3) is 11.4 Å². The molecule has 0 atom stereocenters. The van der Waals surface area contributed by atoms with Crippen LogP contribution in [0, 0.1) is 5.82 Å². The second kappa shape index (κ2) is 7.48. The SMILES string of the molecule is O=C(CCCc1nc(-c2ccc(F)cc2)no1)N1CCc2cc(Cl)ccc21. The van der Waals surface area contributed by atoms with Gasteiger partial charge < -0.3 is 9.42 Å². The number of aryl methyl sites for hydroxylation is 1. The van der Waals surface area contributed by atoms with E-state index in [1.165, 1.54) is 12.1 Å². The Balaban J connectivity index is 1.33. The molecule has 2 aromatic carbocycles. The highest BCUT2D eigenvalue weighted by Gasteiger charge is 2.24. The molecule has 1 aliphatic rings. The molecule has 0 bridgehead atoms. The summed E-state index contributed by atoms with van der Waals surface area (Å²) in [6, 6.07) is 11.5. The van der Waals surface area contributed by atoms with Crippen LogP contribution < -0.4 is 4.90 Å². The van der Waals surface area contributed by atoms with Crippen LogP contribution in [-0.4, -0.2) is 22.6 Å². The third-order valence-corrected chi connectivity index (χ3v) is 4.83. The van der Waals surface area contributed by atoms with Crippen LogP contribution in [0.4, 0.5) is 10.1 Å². The fourth-order valence-electron chi connectivity index (χ4n) is 3.23. The lowest BCUT2D eigenvalue weighted by atomic mass is 10.1. The molecule has 0 fully saturated rings. The van der Waals surface area contributed by atoms with Crippen LogP contribution in [0.5, 0.6) is 0 Å². The maximum absolute atomic E-state index is 13.0. The third kappa shape index (κ3) is 3.85. The zero-order chi connectivity index (χ0) is 18.8. The highest BCUT2D eigenvalue weighted by atomic mass is 35.5. The van der Waals surface area contributed by atoms with Crippen molar-refractivity contribution < 1.29 is 13.7 Å². The number of fused-ring (bicyclic) bond motifs is 1. The highest BCUT2D eigenvalue weighted by Crippen LogP contribution is 2.31. The topological polar surface area (TPSA) is 59.2 Å². The lowest BCUT2D eigenvalue weighted by Crippen LogP contribution is -2.28. The summed E-state index contributed by atoms with van der Waals surface area (Å²) < 4.78 is 18.2. The largest absolute Gasteiger partial charge is 0.339 e. The molecule has 27 heavy (non-hydrogen) atoms. The van der Waals surface area contributed by atoms with Crippen molar-refractivity contribution >= 4 is 23.2 Å². The minimum Gasteiger partial charge on any atom is -0.339 e. The molecule has 7 heteroatoms. The molecule has 5 nitrogen and oxygen atoms in total. The van der Waals surface area contributed by atoms with Crippen LogP contribution in [0.3, 0.4) is 0 Å². The van der Waals surface area contributed by atoms with Crippen LogP contribution in [0.2, 0.25) is 5.02 Å². The second-order valence-corrected chi connectivity index (χ2v) is 6.88. The Kier molecular flexibility index (Phi) is 4.90. The quantitative estimate of drug-likeness (QED) is 0.651. The molecule has 2 heterocycles. The van der Waals surface area contributed by atoms with Crippen molar-refractivity contribution in [2.75, 3.05) is 11.4 Å². The normalized spacial score (nSPS) is 13.0. The second-order valence-electron chi connectivity index (χ2n) is 6.44. The fourth-order valence-corrected chi connectivity index (χ4v) is 3.42. The fraction of sp³-hybridized carbons (Fsp3) is 0.250. The van der Waals surface area contributed by atoms with E-state index in [9.17, 15) is 9.18 Å². The number of hydrogen-bond donors (Lipinski definition) is 0. The Labute approximate surface area is 160 Å². The average Bonchev–Trinajstić information content (AvgIpc) is 3.29. The number of rotatable bonds is 5. The smallest absolute Gasteiger partial charge is 0.227 e. The summed E-state index contributed by atoms with van der Waals surface area (Å²) in [5, 5.41) is 4.60. The summed E-state index contributed by atoms with van der Waals surface area (Å²) in [7, 11) is 0. The lowest BCUT2D eigenvalue weighted by Gasteiger charge is -2.17. The van der Waals surface area contributed by atoms with E-state index < -0.39 is 0 Å². The molecule has 0 saturated carbocycles. The number of amides is 1. The summed E-state index contributed by atoms with van der Waals surface area (Å²) in [5.74, 6) is 0.651. The summed E-state index contributed by atoms with van der Waals surface area (Å²) in [5.41, 5.74) is 2.74. The third-order valence-electron chi connectivity index (χ3n) is 4.59. The molecule has 138 valence electrons. The number of carbonyl (C=O) groups is 1. The molecule has 4 rings (SSSR count). The van der Waals surface area contributed by atoms with Gasteiger partial charge in [0.25, 0.3) is 0 Å². The number of halogens is 2. The summed E-state index contributed by atoms with van der Waals surface area (Å²) in [6.07, 6.45) is 2.35. The zero-order valence-electron chi connectivity index (χ0n) is 14.5. The predicted octanol–water partition coefficient (Wildman–Crippen LogP) is 4.44. The zero-order valence-corrected chi connectivity index (χ0v) is 15.2. The van der Waals surface area contributed by atoms with Crippen molar-refractivity contribution in [3.63, 3.8) is 0 Å². The molecular weight excluding hydrogens is 369 g/mol. The first-order valence-electron chi connectivity index (χ1n) is 8.77. The van der Waals surface area contributed by atoms with Crippen molar-refractivity contribution in [3.05, 3.63) is 64.8 Å². The van der Waals surface area contributed by atoms with Crippen LogP contribution in [0.1, 0.15) is 24.3 Å². The maximum Gasteiger partial charge on any atom is 0.227 e. The average molecular weight is 386 g/mol. The first kappa shape index (κ1) is 17.7.